The van der Waals surface area contributed by atoms with Gasteiger partial charge in [0.1, 0.15) is 17.2 Å². The first kappa shape index (κ1) is 41.5. The molecule has 0 radical (unpaired) electrons. The van der Waals surface area contributed by atoms with Crippen LogP contribution in [0.5, 0.6) is 0 Å². The van der Waals surface area contributed by atoms with Crippen molar-refractivity contribution in [2.24, 2.45) is 5.92 Å². The number of anilines is 4. The predicted octanol–water partition coefficient (Wildman–Crippen LogP) is 8.05. The van der Waals surface area contributed by atoms with E-state index >= 15 is 0 Å². The fourth-order valence-corrected chi connectivity index (χ4v) is 8.12. The molecule has 1 aliphatic carbocycles. The topological polar surface area (TPSA) is 106 Å². The Labute approximate surface area is 327 Å². The molecule has 0 spiro atoms. The third kappa shape index (κ3) is 10.4. The lowest BCUT2D eigenvalue weighted by molar-refractivity contribution is -0.138. The second-order valence-electron chi connectivity index (χ2n) is 14.8. The number of hydrogen-bond donors (Lipinski definition) is 3. The number of alkyl halides is 5. The first-order chi connectivity index (χ1) is 26.8. The number of piperazine rings is 1. The van der Waals surface area contributed by atoms with Crippen LogP contribution in [0.3, 0.4) is 0 Å². The molecule has 3 aliphatic heterocycles. The van der Waals surface area contributed by atoms with Crippen LogP contribution in [0.15, 0.2) is 47.5 Å². The van der Waals surface area contributed by atoms with Crippen molar-refractivity contribution in [2.45, 2.75) is 88.3 Å². The Bertz CT molecular complexity index is 1840. The number of amides is 2. The van der Waals surface area contributed by atoms with Gasteiger partial charge in [-0.3, -0.25) is 19.6 Å². The number of likely N-dealkylation sites (N-methyl/N-ethyl adjacent to an activating group) is 1. The number of carbonyl (C=O) groups excluding carboxylic acids is 2. The van der Waals surface area contributed by atoms with Gasteiger partial charge in [-0.2, -0.15) is 18.2 Å². The van der Waals surface area contributed by atoms with Gasteiger partial charge in [0.2, 0.25) is 17.8 Å². The monoisotopic (exact) mass is 806 g/mol. The number of rotatable bonds is 10. The molecule has 3 N–H and O–H groups in total. The van der Waals surface area contributed by atoms with Crippen LogP contribution in [0.25, 0.3) is 0 Å². The van der Waals surface area contributed by atoms with Gasteiger partial charge in [0.25, 0.3) is 6.43 Å². The highest BCUT2D eigenvalue weighted by Gasteiger charge is 2.38. The summed E-state index contributed by atoms with van der Waals surface area (Å²) in [4.78, 5) is 37.8. The van der Waals surface area contributed by atoms with E-state index < -0.39 is 30.0 Å². The highest BCUT2D eigenvalue weighted by atomic mass is 32.2. The summed E-state index contributed by atoms with van der Waals surface area (Å²) in [5.41, 5.74) is 0.119. The molecule has 2 amide bonds. The summed E-state index contributed by atoms with van der Waals surface area (Å²) >= 11 is 1.30. The molecule has 4 aliphatic rings. The Morgan fingerprint density at radius 3 is 2.36 bits per heavy atom. The van der Waals surface area contributed by atoms with Gasteiger partial charge >= 0.3 is 6.18 Å². The lowest BCUT2D eigenvalue weighted by Gasteiger charge is -2.35. The molecule has 1 saturated carbocycles. The summed E-state index contributed by atoms with van der Waals surface area (Å²) in [5.74, 6) is -1.75. The van der Waals surface area contributed by atoms with Crippen LogP contribution < -0.4 is 25.2 Å². The average molecular weight is 807 g/mol. The minimum atomic E-state index is -4.62. The number of halogens is 6. The molecule has 56 heavy (non-hydrogen) atoms. The summed E-state index contributed by atoms with van der Waals surface area (Å²) in [7, 11) is 0. The number of nitrogens with one attached hydrogen (secondary N) is 3. The van der Waals surface area contributed by atoms with Gasteiger partial charge in [0.15, 0.2) is 0 Å². The van der Waals surface area contributed by atoms with Crippen molar-refractivity contribution in [1.82, 2.24) is 24.9 Å². The van der Waals surface area contributed by atoms with E-state index in [9.17, 15) is 35.9 Å². The van der Waals surface area contributed by atoms with Crippen molar-refractivity contribution >= 4 is 46.9 Å². The van der Waals surface area contributed by atoms with E-state index in [0.717, 1.165) is 76.7 Å². The predicted molar refractivity (Wildman–Crippen MR) is 205 cm³/mol. The van der Waals surface area contributed by atoms with E-state index in [2.05, 4.69) is 42.0 Å². The Kier molecular flexibility index (Phi) is 13.7. The molecule has 7 rings (SSSR count). The molecule has 3 aromatic rings. The van der Waals surface area contributed by atoms with Crippen LogP contribution in [0, 0.1) is 11.7 Å². The summed E-state index contributed by atoms with van der Waals surface area (Å²) in [5, 5.41) is 5.00. The molecule has 4 heterocycles. The third-order valence-electron chi connectivity index (χ3n) is 10.8. The molecule has 2 unspecified atom stereocenters. The number of nitrogens with zero attached hydrogens (tertiary/aromatic N) is 5. The van der Waals surface area contributed by atoms with Crippen LogP contribution in [-0.2, 0) is 15.8 Å². The van der Waals surface area contributed by atoms with Crippen molar-refractivity contribution in [3.8, 4) is 0 Å². The first-order valence-electron chi connectivity index (χ1n) is 19.2. The molecular formula is C39H48F6N8O2S. The minimum Gasteiger partial charge on any atom is -0.369 e. The second kappa shape index (κ2) is 18.4. The van der Waals surface area contributed by atoms with Crippen LogP contribution in [0.4, 0.5) is 49.5 Å². The summed E-state index contributed by atoms with van der Waals surface area (Å²) in [6.07, 6.45) is -1.04. The van der Waals surface area contributed by atoms with E-state index in [4.69, 9.17) is 0 Å². The molecule has 304 valence electrons. The number of benzene rings is 2. The van der Waals surface area contributed by atoms with Gasteiger partial charge in [-0.05, 0) is 86.8 Å². The number of aromatic nitrogens is 2. The SMILES string of the molecule is CC1CCCN(c2nc(Nc3ccc(SNC4CCC4)cc3C(F)F)ncc2C(F)(F)F)C1.CCN1CCN(c2ccc(C3CCC(=O)NC3=O)c(F)c2)CC1. The zero-order valence-electron chi connectivity index (χ0n) is 31.5. The van der Waals surface area contributed by atoms with E-state index in [0.29, 0.717) is 36.0 Å². The van der Waals surface area contributed by atoms with Gasteiger partial charge < -0.3 is 20.0 Å². The van der Waals surface area contributed by atoms with E-state index in [1.165, 1.54) is 30.1 Å². The van der Waals surface area contributed by atoms with Crippen LogP contribution in [-0.4, -0.2) is 78.5 Å². The van der Waals surface area contributed by atoms with Crippen LogP contribution >= 0.6 is 11.9 Å². The number of hydrogen-bond acceptors (Lipinski definition) is 10. The first-order valence-corrected chi connectivity index (χ1v) is 20.0. The van der Waals surface area contributed by atoms with Gasteiger partial charge in [0.05, 0.1) is 5.92 Å². The highest BCUT2D eigenvalue weighted by Crippen LogP contribution is 2.38. The van der Waals surface area contributed by atoms with Gasteiger partial charge in [0, 0.05) is 85.3 Å². The Morgan fingerprint density at radius 1 is 0.964 bits per heavy atom. The molecule has 10 nitrogen and oxygen atoms in total. The maximum Gasteiger partial charge on any atom is 0.421 e. The zero-order valence-corrected chi connectivity index (χ0v) is 32.3. The normalized spacial score (nSPS) is 21.0. The quantitative estimate of drug-likeness (QED) is 0.106. The fraction of sp³-hybridized carbons (Fsp3) is 0.538. The lowest BCUT2D eigenvalue weighted by Crippen LogP contribution is -2.46. The van der Waals surface area contributed by atoms with Crippen molar-refractivity contribution in [1.29, 1.82) is 0 Å². The van der Waals surface area contributed by atoms with E-state index in [-0.39, 0.29) is 47.1 Å². The zero-order chi connectivity index (χ0) is 40.0. The van der Waals surface area contributed by atoms with Gasteiger partial charge in [-0.25, -0.2) is 18.2 Å². The summed E-state index contributed by atoms with van der Waals surface area (Å²) in [6.45, 7) is 9.78. The summed E-state index contributed by atoms with van der Waals surface area (Å²) < 4.78 is 86.1. The van der Waals surface area contributed by atoms with E-state index in [1.54, 1.807) is 17.0 Å². The molecule has 4 fully saturated rings. The van der Waals surface area contributed by atoms with Gasteiger partial charge in [-0.15, -0.1) is 0 Å². The maximum absolute atomic E-state index is 14.5. The molecule has 2 atom stereocenters. The standard InChI is InChI=1S/C22H26F5N5S.C17H22FN3O2/c1-13-4-3-9-32(12-13)20-17(22(25,26)27)11-28-21(30-20)29-18-8-7-15(10-16(18)19(23)24)33-31-14-5-2-6-14;1-2-20-7-9-21(10-8-20)12-3-4-13(15(18)11-12)14-5-6-16(22)19-17(14)23/h7-8,10-11,13-14,19,31H,2-6,9,12H2,1H3,(H,28,29,30);3-4,11,14H,2,5-10H2,1H3,(H,19,22,23). The molecule has 0 bridgehead atoms. The highest BCUT2D eigenvalue weighted by molar-refractivity contribution is 7.97. The van der Waals surface area contributed by atoms with Crippen molar-refractivity contribution in [3.05, 3.63) is 65.1 Å². The largest absolute Gasteiger partial charge is 0.421 e. The third-order valence-corrected chi connectivity index (χ3v) is 11.7. The van der Waals surface area contributed by atoms with Gasteiger partial charge in [-0.1, -0.05) is 26.3 Å². The fourth-order valence-electron chi connectivity index (χ4n) is 7.26. The lowest BCUT2D eigenvalue weighted by atomic mass is 9.90. The van der Waals surface area contributed by atoms with Crippen molar-refractivity contribution < 1.29 is 35.9 Å². The van der Waals surface area contributed by atoms with E-state index in [1.807, 2.05) is 13.0 Å². The average Bonchev–Trinajstić information content (AvgIpc) is 3.15. The Hall–Kier alpha value is -4.09. The van der Waals surface area contributed by atoms with Crippen molar-refractivity contribution in [2.75, 3.05) is 60.9 Å². The second-order valence-corrected chi connectivity index (χ2v) is 15.7. The summed E-state index contributed by atoms with van der Waals surface area (Å²) in [6, 6.07) is 10.0. The molecule has 17 heteroatoms. The molecule has 1 aromatic heterocycles. The molecular weight excluding hydrogens is 759 g/mol. The van der Waals surface area contributed by atoms with Crippen LogP contribution in [0.2, 0.25) is 0 Å². The van der Waals surface area contributed by atoms with Crippen molar-refractivity contribution in [3.63, 3.8) is 0 Å². The van der Waals surface area contributed by atoms with Crippen LogP contribution in [0.1, 0.15) is 87.8 Å². The molecule has 2 aromatic carbocycles. The maximum atomic E-state index is 14.5. The Balaban J connectivity index is 0.000000202. The number of piperidine rings is 2. The minimum absolute atomic E-state index is 0.0655. The number of imide groups is 1. The smallest absolute Gasteiger partial charge is 0.369 e. The number of carbonyl (C=O) groups is 2. The Morgan fingerprint density at radius 2 is 1.73 bits per heavy atom. The molecule has 3 saturated heterocycles.